The minimum atomic E-state index is -0.796. The van der Waals surface area contributed by atoms with Crippen molar-refractivity contribution in [2.24, 2.45) is 0 Å². The van der Waals surface area contributed by atoms with Crippen molar-refractivity contribution in [1.29, 1.82) is 0 Å². The number of ether oxygens (including phenoxy) is 1. The Hall–Kier alpha value is -3.89. The van der Waals surface area contributed by atoms with E-state index in [1.165, 1.54) is 36.5 Å². The monoisotopic (exact) mass is 541 g/mol. The van der Waals surface area contributed by atoms with Crippen LogP contribution in [0.5, 0.6) is 5.75 Å². The molecular weight excluding hydrogens is 516 g/mol. The van der Waals surface area contributed by atoms with Crippen molar-refractivity contribution in [3.05, 3.63) is 88.6 Å². The highest BCUT2D eigenvalue weighted by Gasteiger charge is 2.17. The molecule has 2 aromatic heterocycles. The molecular formula is C27H26ClF2N5O3. The maximum absolute atomic E-state index is 14.7. The number of aliphatic hydroxyl groups is 1. The summed E-state index contributed by atoms with van der Waals surface area (Å²) in [5.41, 5.74) is 0.0783. The quantitative estimate of drug-likeness (QED) is 0.226. The number of carbonyl (C=O) groups is 1. The zero-order valence-corrected chi connectivity index (χ0v) is 21.5. The standard InChI is InChI=1S/C27H26ClF2N5O3/c1-27(2,37)10-5-11-38-17-8-9-22(30)19(13-17)18-14-23(31-15-20(18)28)33-26(36)25-32-24(34-35-25)12-16-6-3-4-7-21(16)29/h3-4,6-9,13-15,37H,5,10-12H2,1-2H3,(H,31,33,36)(H,32,34,35). The lowest BCUT2D eigenvalue weighted by molar-refractivity contribution is 0.0641. The number of H-pyrrole nitrogens is 1. The molecule has 0 aliphatic carbocycles. The molecule has 11 heteroatoms. The second-order valence-corrected chi connectivity index (χ2v) is 9.71. The summed E-state index contributed by atoms with van der Waals surface area (Å²) >= 11 is 6.31. The number of benzene rings is 2. The first kappa shape index (κ1) is 27.2. The Morgan fingerprint density at radius 1 is 1.11 bits per heavy atom. The number of pyridine rings is 1. The van der Waals surface area contributed by atoms with E-state index in [0.29, 0.717) is 42.1 Å². The van der Waals surface area contributed by atoms with Crippen LogP contribution in [0.3, 0.4) is 0 Å². The Bertz CT molecular complexity index is 1440. The number of nitrogens with one attached hydrogen (secondary N) is 2. The first-order chi connectivity index (χ1) is 18.1. The molecule has 38 heavy (non-hydrogen) atoms. The van der Waals surface area contributed by atoms with Crippen LogP contribution in [0.25, 0.3) is 11.1 Å². The van der Waals surface area contributed by atoms with Crippen molar-refractivity contribution < 1.29 is 23.4 Å². The summed E-state index contributed by atoms with van der Waals surface area (Å²) in [5, 5.41) is 20.3. The molecule has 0 atom stereocenters. The third-order valence-electron chi connectivity index (χ3n) is 5.59. The molecule has 0 aliphatic rings. The average Bonchev–Trinajstić information content (AvgIpc) is 3.34. The van der Waals surface area contributed by atoms with Crippen LogP contribution in [-0.4, -0.2) is 43.4 Å². The topological polar surface area (TPSA) is 113 Å². The largest absolute Gasteiger partial charge is 0.494 e. The molecule has 2 heterocycles. The molecule has 2 aromatic carbocycles. The fourth-order valence-electron chi connectivity index (χ4n) is 3.69. The molecule has 0 fully saturated rings. The number of hydrogen-bond acceptors (Lipinski definition) is 6. The summed E-state index contributed by atoms with van der Waals surface area (Å²) in [6.45, 7) is 3.78. The third kappa shape index (κ3) is 7.11. The Labute approximate surface area is 223 Å². The fourth-order valence-corrected chi connectivity index (χ4v) is 3.89. The van der Waals surface area contributed by atoms with E-state index in [2.05, 4.69) is 25.5 Å². The lowest BCUT2D eigenvalue weighted by Gasteiger charge is -2.17. The van der Waals surface area contributed by atoms with Crippen LogP contribution >= 0.6 is 11.6 Å². The Morgan fingerprint density at radius 3 is 2.66 bits per heavy atom. The van der Waals surface area contributed by atoms with Gasteiger partial charge >= 0.3 is 0 Å². The molecule has 4 rings (SSSR count). The van der Waals surface area contributed by atoms with Gasteiger partial charge in [-0.1, -0.05) is 29.8 Å². The van der Waals surface area contributed by atoms with Gasteiger partial charge in [0.25, 0.3) is 5.91 Å². The smallest absolute Gasteiger partial charge is 0.294 e. The summed E-state index contributed by atoms with van der Waals surface area (Å²) in [7, 11) is 0. The van der Waals surface area contributed by atoms with E-state index in [-0.39, 0.29) is 34.5 Å². The second-order valence-electron chi connectivity index (χ2n) is 9.30. The molecule has 0 bridgehead atoms. The lowest BCUT2D eigenvalue weighted by Crippen LogP contribution is -2.19. The fraction of sp³-hybridized carbons (Fsp3) is 0.259. The molecule has 0 saturated carbocycles. The molecule has 3 N–H and O–H groups in total. The van der Waals surface area contributed by atoms with E-state index < -0.39 is 17.3 Å². The van der Waals surface area contributed by atoms with Crippen molar-refractivity contribution in [1.82, 2.24) is 20.2 Å². The number of aromatic amines is 1. The first-order valence-electron chi connectivity index (χ1n) is 11.9. The highest BCUT2D eigenvalue weighted by molar-refractivity contribution is 6.33. The van der Waals surface area contributed by atoms with Crippen LogP contribution in [0.1, 0.15) is 48.7 Å². The molecule has 198 valence electrons. The van der Waals surface area contributed by atoms with Gasteiger partial charge in [0.2, 0.25) is 5.82 Å². The van der Waals surface area contributed by atoms with Crippen molar-refractivity contribution in [2.75, 3.05) is 11.9 Å². The van der Waals surface area contributed by atoms with Gasteiger partial charge in [-0.3, -0.25) is 4.79 Å². The maximum Gasteiger partial charge on any atom is 0.294 e. The predicted molar refractivity (Wildman–Crippen MR) is 139 cm³/mol. The number of aromatic nitrogens is 4. The third-order valence-corrected chi connectivity index (χ3v) is 5.89. The van der Waals surface area contributed by atoms with Gasteiger partial charge < -0.3 is 20.1 Å². The van der Waals surface area contributed by atoms with Gasteiger partial charge in [0.1, 0.15) is 29.0 Å². The van der Waals surface area contributed by atoms with Gasteiger partial charge in [-0.15, -0.1) is 10.2 Å². The highest BCUT2D eigenvalue weighted by atomic mass is 35.5. The van der Waals surface area contributed by atoms with E-state index in [1.807, 2.05) is 0 Å². The number of anilines is 1. The van der Waals surface area contributed by atoms with Crippen molar-refractivity contribution >= 4 is 23.3 Å². The molecule has 0 saturated heterocycles. The van der Waals surface area contributed by atoms with Crippen molar-refractivity contribution in [3.63, 3.8) is 0 Å². The van der Waals surface area contributed by atoms with Crippen LogP contribution in [0.15, 0.2) is 54.7 Å². The van der Waals surface area contributed by atoms with Crippen molar-refractivity contribution in [2.45, 2.75) is 38.7 Å². The average molecular weight is 542 g/mol. The minimum Gasteiger partial charge on any atom is -0.494 e. The summed E-state index contributed by atoms with van der Waals surface area (Å²) < 4.78 is 34.4. The second kappa shape index (κ2) is 11.7. The predicted octanol–water partition coefficient (Wildman–Crippen LogP) is 5.57. The molecule has 0 spiro atoms. The molecule has 1 amide bonds. The summed E-state index contributed by atoms with van der Waals surface area (Å²) in [5.74, 6) is -0.802. The number of rotatable bonds is 10. The van der Waals surface area contributed by atoms with Gasteiger partial charge in [-0.25, -0.2) is 13.8 Å². The number of amides is 1. The Kier molecular flexibility index (Phi) is 8.33. The van der Waals surface area contributed by atoms with Gasteiger partial charge in [0, 0.05) is 23.7 Å². The summed E-state index contributed by atoms with van der Waals surface area (Å²) in [6, 6.07) is 12.0. The van der Waals surface area contributed by atoms with Crippen LogP contribution in [0.2, 0.25) is 5.02 Å². The van der Waals surface area contributed by atoms with Crippen LogP contribution in [0.4, 0.5) is 14.6 Å². The van der Waals surface area contributed by atoms with Crippen LogP contribution in [-0.2, 0) is 6.42 Å². The molecule has 0 aliphatic heterocycles. The van der Waals surface area contributed by atoms with E-state index in [0.717, 1.165) is 0 Å². The maximum atomic E-state index is 14.7. The molecule has 0 radical (unpaired) electrons. The van der Waals surface area contributed by atoms with Gasteiger partial charge in [-0.2, -0.15) is 0 Å². The van der Waals surface area contributed by atoms with Gasteiger partial charge in [-0.05, 0) is 62.6 Å². The Morgan fingerprint density at radius 2 is 1.89 bits per heavy atom. The molecule has 0 unspecified atom stereocenters. The van der Waals surface area contributed by atoms with E-state index in [9.17, 15) is 18.7 Å². The van der Waals surface area contributed by atoms with E-state index in [4.69, 9.17) is 16.3 Å². The number of halogens is 3. The molecule has 4 aromatic rings. The van der Waals surface area contributed by atoms with Gasteiger partial charge in [0.05, 0.1) is 17.2 Å². The SMILES string of the molecule is CC(C)(O)CCCOc1ccc(F)c(-c2cc(NC(=O)c3nnc(Cc4ccccc4F)[nH]3)ncc2Cl)c1. The first-order valence-corrected chi connectivity index (χ1v) is 12.2. The van der Waals surface area contributed by atoms with E-state index >= 15 is 0 Å². The Balaban J connectivity index is 1.46. The molecule has 8 nitrogen and oxygen atoms in total. The highest BCUT2D eigenvalue weighted by Crippen LogP contribution is 2.33. The summed E-state index contributed by atoms with van der Waals surface area (Å²) in [6.07, 6.45) is 2.60. The van der Waals surface area contributed by atoms with Crippen LogP contribution < -0.4 is 10.1 Å². The summed E-state index contributed by atoms with van der Waals surface area (Å²) in [4.78, 5) is 19.6. The number of carbonyl (C=O) groups excluding carboxylic acids is 1. The normalized spacial score (nSPS) is 11.4. The van der Waals surface area contributed by atoms with E-state index in [1.54, 1.807) is 32.0 Å². The zero-order chi connectivity index (χ0) is 27.3. The van der Waals surface area contributed by atoms with Crippen molar-refractivity contribution in [3.8, 4) is 16.9 Å². The number of nitrogens with zero attached hydrogens (tertiary/aromatic N) is 3. The van der Waals surface area contributed by atoms with Gasteiger partial charge in [0.15, 0.2) is 0 Å². The number of hydrogen-bond donors (Lipinski definition) is 3. The minimum absolute atomic E-state index is 0.0951. The lowest BCUT2D eigenvalue weighted by atomic mass is 10.0. The zero-order valence-electron chi connectivity index (χ0n) is 20.8. The van der Waals surface area contributed by atoms with Crippen LogP contribution in [0, 0.1) is 11.6 Å².